The van der Waals surface area contributed by atoms with Gasteiger partial charge in [-0.15, -0.1) is 0 Å². The van der Waals surface area contributed by atoms with Crippen LogP contribution in [0.1, 0.15) is 35.7 Å². The van der Waals surface area contributed by atoms with Gasteiger partial charge in [0.25, 0.3) is 5.91 Å². The van der Waals surface area contributed by atoms with Crippen LogP contribution >= 0.6 is 0 Å². The number of anilines is 2. The van der Waals surface area contributed by atoms with E-state index >= 15 is 0 Å². The van der Waals surface area contributed by atoms with E-state index < -0.39 is 27.7 Å². The first kappa shape index (κ1) is 20.8. The number of nitrogens with two attached hydrogens (primary N) is 1. The number of benzene rings is 1. The molecule has 0 bridgehead atoms. The van der Waals surface area contributed by atoms with Gasteiger partial charge in [-0.1, -0.05) is 0 Å². The minimum atomic E-state index is -3.37. The highest BCUT2D eigenvalue weighted by Crippen LogP contribution is 2.35. The molecule has 1 aromatic carbocycles. The van der Waals surface area contributed by atoms with Crippen LogP contribution in [0.15, 0.2) is 30.5 Å². The van der Waals surface area contributed by atoms with Gasteiger partial charge in [0, 0.05) is 17.9 Å². The van der Waals surface area contributed by atoms with E-state index in [4.69, 9.17) is 5.73 Å². The highest BCUT2D eigenvalue weighted by Gasteiger charge is 2.34. The maximum absolute atomic E-state index is 13.1. The van der Waals surface area contributed by atoms with E-state index in [0.29, 0.717) is 24.9 Å². The molecular formula is C18H21FN6O3S. The average Bonchev–Trinajstić information content (AvgIpc) is 3.06. The van der Waals surface area contributed by atoms with Crippen LogP contribution in [0.2, 0.25) is 0 Å². The molecule has 2 aromatic rings. The van der Waals surface area contributed by atoms with E-state index in [2.05, 4.69) is 21.2 Å². The Morgan fingerprint density at radius 1 is 1.34 bits per heavy atom. The van der Waals surface area contributed by atoms with Crippen molar-refractivity contribution >= 4 is 27.4 Å². The molecule has 0 radical (unpaired) electrons. The number of nitriles is 1. The lowest BCUT2D eigenvalue weighted by Gasteiger charge is -2.32. The van der Waals surface area contributed by atoms with Crippen molar-refractivity contribution < 1.29 is 17.6 Å². The predicted molar refractivity (Wildman–Crippen MR) is 104 cm³/mol. The van der Waals surface area contributed by atoms with Gasteiger partial charge in [-0.3, -0.25) is 9.48 Å². The Morgan fingerprint density at radius 2 is 2.03 bits per heavy atom. The fourth-order valence-corrected chi connectivity index (χ4v) is 4.34. The minimum absolute atomic E-state index is 0.141. The molecule has 1 heterocycles. The van der Waals surface area contributed by atoms with Crippen LogP contribution in [-0.4, -0.2) is 36.4 Å². The number of primary amides is 1. The van der Waals surface area contributed by atoms with Gasteiger partial charge in [0.15, 0.2) is 5.82 Å². The predicted octanol–water partition coefficient (Wildman–Crippen LogP) is 1.65. The molecule has 3 atom stereocenters. The van der Waals surface area contributed by atoms with E-state index in [1.165, 1.54) is 35.1 Å². The van der Waals surface area contributed by atoms with Crippen LogP contribution in [0.4, 0.5) is 15.9 Å². The van der Waals surface area contributed by atoms with Gasteiger partial charge in [-0.05, 0) is 43.5 Å². The van der Waals surface area contributed by atoms with Crippen molar-refractivity contribution in [1.82, 2.24) is 14.5 Å². The lowest BCUT2D eigenvalue weighted by atomic mass is 9.83. The Kier molecular flexibility index (Phi) is 5.86. The largest absolute Gasteiger partial charge is 0.365 e. The molecule has 0 spiro atoms. The number of amides is 1. The number of hydrogen-bond acceptors (Lipinski definition) is 6. The van der Waals surface area contributed by atoms with Crippen molar-refractivity contribution in [2.24, 2.45) is 11.7 Å². The summed E-state index contributed by atoms with van der Waals surface area (Å²) in [6.45, 7) is 0. The monoisotopic (exact) mass is 420 g/mol. The number of carbonyl (C=O) groups excluding carboxylic acids is 1. The molecule has 154 valence electrons. The molecule has 0 aliphatic heterocycles. The molecule has 1 saturated carbocycles. The van der Waals surface area contributed by atoms with Gasteiger partial charge in [0.05, 0.1) is 24.3 Å². The number of carbonyl (C=O) groups is 1. The number of rotatable bonds is 6. The molecule has 1 aromatic heterocycles. The van der Waals surface area contributed by atoms with E-state index in [0.717, 1.165) is 6.26 Å². The van der Waals surface area contributed by atoms with E-state index in [1.807, 2.05) is 0 Å². The third-order valence-corrected chi connectivity index (χ3v) is 5.57. The molecular weight excluding hydrogens is 399 g/mol. The zero-order chi connectivity index (χ0) is 21.2. The van der Waals surface area contributed by atoms with Crippen LogP contribution in [0.25, 0.3) is 0 Å². The molecule has 1 amide bonds. The molecule has 0 unspecified atom stereocenters. The zero-order valence-electron chi connectivity index (χ0n) is 15.7. The Morgan fingerprint density at radius 3 is 2.62 bits per heavy atom. The topological polar surface area (TPSA) is 143 Å². The fourth-order valence-electron chi connectivity index (χ4n) is 3.52. The van der Waals surface area contributed by atoms with Crippen molar-refractivity contribution in [2.45, 2.75) is 31.3 Å². The second-order valence-corrected chi connectivity index (χ2v) is 8.85. The summed E-state index contributed by atoms with van der Waals surface area (Å²) in [5.41, 5.74) is 6.13. The third kappa shape index (κ3) is 5.10. The van der Waals surface area contributed by atoms with Crippen molar-refractivity contribution in [2.75, 3.05) is 11.6 Å². The Hall–Kier alpha value is -2.97. The Balaban J connectivity index is 1.84. The summed E-state index contributed by atoms with van der Waals surface area (Å²) in [7, 11) is -3.37. The second kappa shape index (κ2) is 8.18. The van der Waals surface area contributed by atoms with E-state index in [-0.39, 0.29) is 23.5 Å². The highest BCUT2D eigenvalue weighted by atomic mass is 32.2. The molecule has 3 rings (SSSR count). The summed E-state index contributed by atoms with van der Waals surface area (Å²) in [5.74, 6) is -1.38. The number of nitrogens with zero attached hydrogens (tertiary/aromatic N) is 3. The lowest BCUT2D eigenvalue weighted by Crippen LogP contribution is -2.40. The molecule has 4 N–H and O–H groups in total. The minimum Gasteiger partial charge on any atom is -0.365 e. The summed E-state index contributed by atoms with van der Waals surface area (Å²) in [4.78, 5) is 11.8. The number of sulfonamides is 1. The zero-order valence-corrected chi connectivity index (χ0v) is 16.5. The van der Waals surface area contributed by atoms with Crippen LogP contribution in [0, 0.1) is 23.1 Å². The maximum atomic E-state index is 13.1. The van der Waals surface area contributed by atoms with E-state index in [1.54, 1.807) is 0 Å². The van der Waals surface area contributed by atoms with Gasteiger partial charge >= 0.3 is 0 Å². The first-order chi connectivity index (χ1) is 13.7. The summed E-state index contributed by atoms with van der Waals surface area (Å²) in [6, 6.07) is 7.09. The van der Waals surface area contributed by atoms with Gasteiger partial charge in [-0.25, -0.2) is 17.5 Å². The van der Waals surface area contributed by atoms with Crippen LogP contribution in [0.3, 0.4) is 0 Å². The highest BCUT2D eigenvalue weighted by molar-refractivity contribution is 7.88. The number of halogens is 1. The summed E-state index contributed by atoms with van der Waals surface area (Å²) in [6.07, 6.45) is 3.93. The maximum Gasteiger partial charge on any atom is 0.254 e. The molecule has 0 saturated heterocycles. The fraction of sp³-hybridized carbons (Fsp3) is 0.389. The number of hydrogen-bond donors (Lipinski definition) is 3. The second-order valence-electron chi connectivity index (χ2n) is 7.07. The van der Waals surface area contributed by atoms with Crippen LogP contribution in [-0.2, 0) is 10.0 Å². The normalized spacial score (nSPS) is 22.0. The van der Waals surface area contributed by atoms with Gasteiger partial charge in [-0.2, -0.15) is 10.4 Å². The lowest BCUT2D eigenvalue weighted by molar-refractivity contribution is 0.100. The molecule has 29 heavy (non-hydrogen) atoms. The number of aromatic nitrogens is 2. The molecule has 1 fully saturated rings. The third-order valence-electron chi connectivity index (χ3n) is 4.80. The first-order valence-electron chi connectivity index (χ1n) is 8.94. The first-order valence-corrected chi connectivity index (χ1v) is 10.8. The molecule has 11 heteroatoms. The Bertz CT molecular complexity index is 1040. The SMILES string of the molecule is CS(=O)(=O)N[C@@H]1CC[C@H](n2cc(C(N)=O)c(Nc3ccc(F)cc3)n2)[C@@H](C#N)C1. The van der Waals surface area contributed by atoms with Crippen molar-refractivity contribution in [3.63, 3.8) is 0 Å². The van der Waals surface area contributed by atoms with Gasteiger partial charge < -0.3 is 11.1 Å². The smallest absolute Gasteiger partial charge is 0.254 e. The molecule has 9 nitrogen and oxygen atoms in total. The van der Waals surface area contributed by atoms with Crippen molar-refractivity contribution in [1.29, 1.82) is 5.26 Å². The Labute approximate surface area is 167 Å². The van der Waals surface area contributed by atoms with Crippen LogP contribution < -0.4 is 15.8 Å². The van der Waals surface area contributed by atoms with E-state index in [9.17, 15) is 22.9 Å². The van der Waals surface area contributed by atoms with Crippen molar-refractivity contribution in [3.05, 3.63) is 41.8 Å². The average molecular weight is 420 g/mol. The molecule has 1 aliphatic rings. The summed E-state index contributed by atoms with van der Waals surface area (Å²) >= 11 is 0. The summed E-state index contributed by atoms with van der Waals surface area (Å²) < 4.78 is 40.1. The summed E-state index contributed by atoms with van der Waals surface area (Å²) in [5, 5.41) is 16.9. The van der Waals surface area contributed by atoms with Gasteiger partial charge in [0.1, 0.15) is 11.4 Å². The number of nitrogens with one attached hydrogen (secondary N) is 2. The van der Waals surface area contributed by atoms with Crippen molar-refractivity contribution in [3.8, 4) is 6.07 Å². The van der Waals surface area contributed by atoms with Gasteiger partial charge in [0.2, 0.25) is 10.0 Å². The standard InChI is InChI=1S/C18H21FN6O3S/c1-29(27,28)24-14-6-7-16(11(8-14)9-20)25-10-15(17(21)26)18(23-25)22-13-4-2-12(19)3-5-13/h2-5,10-11,14,16,24H,6-8H2,1H3,(H2,21,26)(H,22,23)/t11-,14-,16+/m1/s1. The molecule has 1 aliphatic carbocycles. The van der Waals surface area contributed by atoms with Crippen LogP contribution in [0.5, 0.6) is 0 Å². The quantitative estimate of drug-likeness (QED) is 0.648.